The molecule has 0 saturated carbocycles. The van der Waals surface area contributed by atoms with Crippen molar-refractivity contribution in [1.29, 1.82) is 0 Å². The molecule has 1 aromatic heterocycles. The summed E-state index contributed by atoms with van der Waals surface area (Å²) in [6.07, 6.45) is -0.419. The molecule has 2 aromatic rings. The highest BCUT2D eigenvalue weighted by Gasteiger charge is 2.44. The Morgan fingerprint density at radius 2 is 1.82 bits per heavy atom. The third kappa shape index (κ3) is 5.64. The first-order valence-corrected chi connectivity index (χ1v) is 12.6. The van der Waals surface area contributed by atoms with Crippen LogP contribution in [0.4, 0.5) is 0 Å². The Morgan fingerprint density at radius 3 is 2.33 bits per heavy atom. The molecule has 2 amide bonds. The molecule has 1 fully saturated rings. The number of aliphatic hydroxyl groups is 1. The van der Waals surface area contributed by atoms with Gasteiger partial charge in [-0.05, 0) is 36.3 Å². The molecule has 0 radical (unpaired) electrons. The van der Waals surface area contributed by atoms with E-state index in [4.69, 9.17) is 0 Å². The molecule has 0 aliphatic carbocycles. The van der Waals surface area contributed by atoms with Gasteiger partial charge in [-0.15, -0.1) is 11.3 Å². The normalized spacial score (nSPS) is 20.7. The van der Waals surface area contributed by atoms with Crippen molar-refractivity contribution in [3.05, 3.63) is 41.0 Å². The Labute approximate surface area is 201 Å². The van der Waals surface area contributed by atoms with Gasteiger partial charge in [0.15, 0.2) is 0 Å². The van der Waals surface area contributed by atoms with Crippen molar-refractivity contribution < 1.29 is 14.7 Å². The smallest absolute Gasteiger partial charge is 0.243 e. The van der Waals surface area contributed by atoms with Gasteiger partial charge in [0, 0.05) is 18.9 Å². The Bertz CT molecular complexity index is 977. The highest BCUT2D eigenvalue weighted by atomic mass is 32.1. The van der Waals surface area contributed by atoms with Crippen LogP contribution in [0.3, 0.4) is 0 Å². The number of aryl methyl sites for hydroxylation is 1. The first-order valence-electron chi connectivity index (χ1n) is 11.7. The average molecular weight is 472 g/mol. The van der Waals surface area contributed by atoms with Crippen LogP contribution in [0.1, 0.15) is 65.3 Å². The maximum Gasteiger partial charge on any atom is 0.243 e. The van der Waals surface area contributed by atoms with Crippen LogP contribution in [0.5, 0.6) is 0 Å². The molecule has 33 heavy (non-hydrogen) atoms. The summed E-state index contributed by atoms with van der Waals surface area (Å²) in [6.45, 7) is 14.4. The fraction of sp³-hybridized carbons (Fsp3) is 0.577. The Kier molecular flexibility index (Phi) is 7.64. The lowest BCUT2D eigenvalue weighted by atomic mass is 9.73. The zero-order chi connectivity index (χ0) is 24.5. The fourth-order valence-electron chi connectivity index (χ4n) is 5.04. The third-order valence-corrected chi connectivity index (χ3v) is 7.49. The molecular formula is C26H37N3O3S. The van der Waals surface area contributed by atoms with Crippen LogP contribution in [0.15, 0.2) is 29.8 Å². The summed E-state index contributed by atoms with van der Waals surface area (Å²) in [6, 6.07) is 7.25. The highest BCUT2D eigenvalue weighted by Crippen LogP contribution is 2.36. The van der Waals surface area contributed by atoms with Gasteiger partial charge in [0.25, 0.3) is 0 Å². The number of hydrogen-bond acceptors (Lipinski definition) is 5. The van der Waals surface area contributed by atoms with Gasteiger partial charge in [-0.1, -0.05) is 58.9 Å². The molecule has 1 aliphatic rings. The Balaban J connectivity index is 1.72. The van der Waals surface area contributed by atoms with Gasteiger partial charge in [0.05, 0.1) is 28.2 Å². The summed E-state index contributed by atoms with van der Waals surface area (Å²) >= 11 is 1.61. The largest absolute Gasteiger partial charge is 0.391 e. The second-order valence-electron chi connectivity index (χ2n) is 10.6. The summed E-state index contributed by atoms with van der Waals surface area (Å²) in [4.78, 5) is 33.7. The number of β-amino-alcohol motifs (C(OH)–C–C–N with tert-alkyl or cyclic N) is 1. The number of aliphatic hydroxyl groups excluding tert-OH is 1. The Hall–Kier alpha value is -2.25. The summed E-state index contributed by atoms with van der Waals surface area (Å²) in [5.41, 5.74) is 4.71. The van der Waals surface area contributed by atoms with E-state index in [0.29, 0.717) is 0 Å². The van der Waals surface area contributed by atoms with Gasteiger partial charge in [0.1, 0.15) is 6.04 Å². The molecule has 0 spiro atoms. The number of thiazole rings is 1. The lowest BCUT2D eigenvalue weighted by molar-refractivity contribution is -0.146. The number of aromatic nitrogens is 1. The third-order valence-electron chi connectivity index (χ3n) is 6.51. The molecule has 6 nitrogen and oxygen atoms in total. The average Bonchev–Trinajstić information content (AvgIpc) is 3.32. The predicted octanol–water partition coefficient (Wildman–Crippen LogP) is 4.58. The maximum absolute atomic E-state index is 13.5. The van der Waals surface area contributed by atoms with Crippen molar-refractivity contribution in [2.24, 2.45) is 17.3 Å². The van der Waals surface area contributed by atoms with E-state index in [9.17, 15) is 14.7 Å². The van der Waals surface area contributed by atoms with Crippen LogP contribution < -0.4 is 5.32 Å². The first kappa shape index (κ1) is 25.4. The first-order chi connectivity index (χ1) is 15.4. The highest BCUT2D eigenvalue weighted by molar-refractivity contribution is 7.13. The molecule has 1 unspecified atom stereocenters. The number of likely N-dealkylation sites (tertiary alicyclic amines) is 1. The van der Waals surface area contributed by atoms with E-state index in [1.54, 1.807) is 16.2 Å². The maximum atomic E-state index is 13.5. The monoisotopic (exact) mass is 471 g/mol. The van der Waals surface area contributed by atoms with Crippen molar-refractivity contribution in [1.82, 2.24) is 15.2 Å². The number of amides is 2. The van der Waals surface area contributed by atoms with Gasteiger partial charge in [-0.25, -0.2) is 4.98 Å². The molecule has 2 N–H and O–H groups in total. The standard InChI is InChI=1S/C26H37N3O3S/c1-15(2)22(26(5,6)7)25(32)29-13-20(30)12-21(29)24(31)28-16(3)18-8-10-19(11-9-18)23-17(4)27-14-33-23/h8-11,14-16,20-22,30H,12-13H2,1-7H3,(H,28,31)/t16-,20+,21?,22+/m0/s1. The minimum atomic E-state index is -0.685. The van der Waals surface area contributed by atoms with Crippen molar-refractivity contribution in [2.45, 2.75) is 73.1 Å². The van der Waals surface area contributed by atoms with Crippen molar-refractivity contribution >= 4 is 23.2 Å². The zero-order valence-electron chi connectivity index (χ0n) is 20.8. The van der Waals surface area contributed by atoms with Crippen molar-refractivity contribution in [2.75, 3.05) is 6.54 Å². The van der Waals surface area contributed by atoms with Crippen LogP contribution in [0, 0.1) is 24.2 Å². The van der Waals surface area contributed by atoms with E-state index < -0.39 is 12.1 Å². The van der Waals surface area contributed by atoms with E-state index in [2.05, 4.69) is 31.1 Å². The summed E-state index contributed by atoms with van der Waals surface area (Å²) < 4.78 is 0. The number of nitrogens with one attached hydrogen (secondary N) is 1. The molecule has 7 heteroatoms. The second kappa shape index (κ2) is 9.94. The van der Waals surface area contributed by atoms with E-state index in [-0.39, 0.29) is 48.1 Å². The Morgan fingerprint density at radius 1 is 1.18 bits per heavy atom. The van der Waals surface area contributed by atoms with Crippen LogP contribution in [0.25, 0.3) is 10.4 Å². The summed E-state index contributed by atoms with van der Waals surface area (Å²) in [7, 11) is 0. The van der Waals surface area contributed by atoms with Gasteiger partial charge >= 0.3 is 0 Å². The van der Waals surface area contributed by atoms with Gasteiger partial charge < -0.3 is 15.3 Å². The number of carbonyl (C=O) groups is 2. The molecule has 1 aromatic carbocycles. The fourth-order valence-corrected chi connectivity index (χ4v) is 5.85. The molecule has 180 valence electrons. The molecule has 0 bridgehead atoms. The molecule has 4 atom stereocenters. The summed E-state index contributed by atoms with van der Waals surface area (Å²) in [5, 5.41) is 13.4. The van der Waals surface area contributed by atoms with Crippen LogP contribution in [-0.4, -0.2) is 45.5 Å². The lowest BCUT2D eigenvalue weighted by Crippen LogP contribution is -2.51. The molecule has 1 aliphatic heterocycles. The number of nitrogens with zero attached hydrogens (tertiary/aromatic N) is 2. The van der Waals surface area contributed by atoms with E-state index in [1.165, 1.54) is 0 Å². The van der Waals surface area contributed by atoms with E-state index >= 15 is 0 Å². The van der Waals surface area contributed by atoms with Crippen molar-refractivity contribution in [3.8, 4) is 10.4 Å². The zero-order valence-corrected chi connectivity index (χ0v) is 21.6. The van der Waals surface area contributed by atoms with Crippen LogP contribution >= 0.6 is 11.3 Å². The van der Waals surface area contributed by atoms with E-state index in [0.717, 1.165) is 21.7 Å². The number of carbonyl (C=O) groups excluding carboxylic acids is 2. The van der Waals surface area contributed by atoms with Gasteiger partial charge in [0.2, 0.25) is 11.8 Å². The van der Waals surface area contributed by atoms with Gasteiger partial charge in [-0.2, -0.15) is 0 Å². The van der Waals surface area contributed by atoms with Crippen LogP contribution in [0.2, 0.25) is 0 Å². The SMILES string of the molecule is Cc1ncsc1-c1ccc([C@H](C)NC(=O)C2C[C@@H](O)CN2C(=O)[C@@H](C(C)C)C(C)(C)C)cc1. The number of hydrogen-bond donors (Lipinski definition) is 2. The van der Waals surface area contributed by atoms with Gasteiger partial charge in [-0.3, -0.25) is 9.59 Å². The second-order valence-corrected chi connectivity index (χ2v) is 11.5. The topological polar surface area (TPSA) is 82.5 Å². The van der Waals surface area contributed by atoms with Crippen molar-refractivity contribution in [3.63, 3.8) is 0 Å². The molecule has 1 saturated heterocycles. The molecule has 3 rings (SSSR count). The summed E-state index contributed by atoms with van der Waals surface area (Å²) in [5.74, 6) is -0.353. The number of benzene rings is 1. The van der Waals surface area contributed by atoms with Crippen LogP contribution in [-0.2, 0) is 9.59 Å². The van der Waals surface area contributed by atoms with E-state index in [1.807, 2.05) is 57.5 Å². The minimum absolute atomic E-state index is 0.0499. The lowest BCUT2D eigenvalue weighted by Gasteiger charge is -2.37. The quantitative estimate of drug-likeness (QED) is 0.646. The molecular weight excluding hydrogens is 434 g/mol. The minimum Gasteiger partial charge on any atom is -0.391 e. The molecule has 2 heterocycles. The predicted molar refractivity (Wildman–Crippen MR) is 133 cm³/mol. The number of rotatable bonds is 6.